The van der Waals surface area contributed by atoms with Crippen LogP contribution in [-0.4, -0.2) is 38.0 Å². The van der Waals surface area contributed by atoms with E-state index in [1.165, 1.54) is 10.9 Å². The fourth-order valence-corrected chi connectivity index (χ4v) is 3.43. The number of rotatable bonds is 4. The number of ether oxygens (including phenoxy) is 2. The van der Waals surface area contributed by atoms with Crippen molar-refractivity contribution in [2.45, 2.75) is 24.5 Å². The predicted octanol–water partition coefficient (Wildman–Crippen LogP) is 2.69. The van der Waals surface area contributed by atoms with Crippen LogP contribution in [0.25, 0.3) is 10.8 Å². The fourth-order valence-electron chi connectivity index (χ4n) is 3.43. The Morgan fingerprint density at radius 1 is 1.29 bits per heavy atom. The van der Waals surface area contributed by atoms with Crippen molar-refractivity contribution in [2.24, 2.45) is 0 Å². The molecule has 1 aliphatic rings. The molecular weight excluding hydrogens is 264 g/mol. The van der Waals surface area contributed by atoms with Crippen molar-refractivity contribution in [3.8, 4) is 0 Å². The van der Waals surface area contributed by atoms with Gasteiger partial charge in [-0.3, -0.25) is 4.98 Å². The van der Waals surface area contributed by atoms with E-state index in [0.717, 1.165) is 31.4 Å². The molecule has 1 N–H and O–H groups in total. The third kappa shape index (κ3) is 2.55. The highest BCUT2D eigenvalue weighted by atomic mass is 16.5. The van der Waals surface area contributed by atoms with Crippen LogP contribution in [0.5, 0.6) is 0 Å². The number of fused-ring (bicyclic) bond motifs is 1. The molecule has 0 amide bonds. The van der Waals surface area contributed by atoms with Gasteiger partial charge in [-0.05, 0) is 24.1 Å². The quantitative estimate of drug-likeness (QED) is 0.938. The maximum atomic E-state index is 5.98. The van der Waals surface area contributed by atoms with E-state index < -0.39 is 0 Å². The standard InChI is InChI=1S/C17H22N2O2/c1-18-16(17(20-2)7-10-21-11-8-17)15-5-3-4-13-12-19-9-6-14(13)15/h3-6,9,12,16,18H,7-8,10-11H2,1-2H3. The average molecular weight is 286 g/mol. The Morgan fingerprint density at radius 3 is 2.81 bits per heavy atom. The highest BCUT2D eigenvalue weighted by Crippen LogP contribution is 2.39. The van der Waals surface area contributed by atoms with Gasteiger partial charge in [-0.1, -0.05) is 18.2 Å². The summed E-state index contributed by atoms with van der Waals surface area (Å²) in [6, 6.07) is 8.59. The smallest absolute Gasteiger partial charge is 0.0916 e. The lowest BCUT2D eigenvalue weighted by Crippen LogP contribution is -2.48. The number of nitrogens with zero attached hydrogens (tertiary/aromatic N) is 1. The number of aromatic nitrogens is 1. The van der Waals surface area contributed by atoms with E-state index in [-0.39, 0.29) is 11.6 Å². The van der Waals surface area contributed by atoms with Crippen LogP contribution in [0, 0.1) is 0 Å². The number of hydrogen-bond donors (Lipinski definition) is 1. The summed E-state index contributed by atoms with van der Waals surface area (Å²) in [5.41, 5.74) is 1.05. The molecule has 0 saturated carbocycles. The zero-order valence-electron chi connectivity index (χ0n) is 12.6. The van der Waals surface area contributed by atoms with E-state index in [2.05, 4.69) is 34.6 Å². The van der Waals surface area contributed by atoms with Gasteiger partial charge in [-0.2, -0.15) is 0 Å². The minimum atomic E-state index is -0.218. The van der Waals surface area contributed by atoms with Crippen LogP contribution in [0.15, 0.2) is 36.7 Å². The minimum absolute atomic E-state index is 0.137. The van der Waals surface area contributed by atoms with E-state index in [1.807, 2.05) is 26.6 Å². The first kappa shape index (κ1) is 14.4. The summed E-state index contributed by atoms with van der Waals surface area (Å²) in [5, 5.41) is 5.86. The number of benzene rings is 1. The lowest BCUT2D eigenvalue weighted by atomic mass is 9.81. The van der Waals surface area contributed by atoms with Crippen molar-refractivity contribution in [3.05, 3.63) is 42.2 Å². The molecule has 1 aromatic heterocycles. The maximum absolute atomic E-state index is 5.98. The van der Waals surface area contributed by atoms with Crippen molar-refractivity contribution >= 4 is 10.8 Å². The molecule has 0 radical (unpaired) electrons. The Morgan fingerprint density at radius 2 is 2.10 bits per heavy atom. The molecule has 112 valence electrons. The first-order valence-electron chi connectivity index (χ1n) is 7.43. The van der Waals surface area contributed by atoms with Gasteiger partial charge >= 0.3 is 0 Å². The molecule has 21 heavy (non-hydrogen) atoms. The second kappa shape index (κ2) is 6.10. The van der Waals surface area contributed by atoms with Crippen molar-refractivity contribution in [3.63, 3.8) is 0 Å². The van der Waals surface area contributed by atoms with Crippen LogP contribution < -0.4 is 5.32 Å². The van der Waals surface area contributed by atoms with Gasteiger partial charge in [0.15, 0.2) is 0 Å². The number of hydrogen-bond acceptors (Lipinski definition) is 4. The molecule has 1 aliphatic heterocycles. The van der Waals surface area contributed by atoms with E-state index in [4.69, 9.17) is 9.47 Å². The monoisotopic (exact) mass is 286 g/mol. The molecular formula is C17H22N2O2. The molecule has 1 fully saturated rings. The fraction of sp³-hybridized carbons (Fsp3) is 0.471. The molecule has 2 aromatic rings. The summed E-state index contributed by atoms with van der Waals surface area (Å²) in [6.07, 6.45) is 5.56. The summed E-state index contributed by atoms with van der Waals surface area (Å²) in [5.74, 6) is 0. The van der Waals surface area contributed by atoms with Crippen LogP contribution in [0.4, 0.5) is 0 Å². The Balaban J connectivity index is 2.09. The average Bonchev–Trinajstić information content (AvgIpc) is 2.56. The van der Waals surface area contributed by atoms with Gasteiger partial charge < -0.3 is 14.8 Å². The lowest BCUT2D eigenvalue weighted by Gasteiger charge is -2.42. The van der Waals surface area contributed by atoms with E-state index >= 15 is 0 Å². The second-order valence-corrected chi connectivity index (χ2v) is 5.55. The van der Waals surface area contributed by atoms with Gasteiger partial charge in [0.25, 0.3) is 0 Å². The Hall–Kier alpha value is -1.49. The van der Waals surface area contributed by atoms with Gasteiger partial charge in [-0.15, -0.1) is 0 Å². The Labute approximate surface area is 125 Å². The highest BCUT2D eigenvalue weighted by Gasteiger charge is 2.41. The topological polar surface area (TPSA) is 43.4 Å². The van der Waals surface area contributed by atoms with E-state index in [9.17, 15) is 0 Å². The van der Waals surface area contributed by atoms with E-state index in [1.54, 1.807) is 0 Å². The van der Waals surface area contributed by atoms with E-state index in [0.29, 0.717) is 0 Å². The first-order valence-corrected chi connectivity index (χ1v) is 7.43. The molecule has 4 nitrogen and oxygen atoms in total. The molecule has 0 aliphatic carbocycles. The molecule has 1 aromatic carbocycles. The van der Waals surface area contributed by atoms with Gasteiger partial charge in [0.05, 0.1) is 11.6 Å². The van der Waals surface area contributed by atoms with Crippen LogP contribution in [0.3, 0.4) is 0 Å². The van der Waals surface area contributed by atoms with Crippen LogP contribution in [0.1, 0.15) is 24.4 Å². The van der Waals surface area contributed by atoms with Crippen molar-refractivity contribution in [1.29, 1.82) is 0 Å². The molecule has 2 heterocycles. The molecule has 0 bridgehead atoms. The highest BCUT2D eigenvalue weighted by molar-refractivity contribution is 5.85. The molecule has 1 atom stereocenters. The molecule has 1 saturated heterocycles. The van der Waals surface area contributed by atoms with Gasteiger partial charge in [-0.25, -0.2) is 0 Å². The number of nitrogens with one attached hydrogen (secondary N) is 1. The molecule has 1 unspecified atom stereocenters. The Kier molecular flexibility index (Phi) is 4.19. The van der Waals surface area contributed by atoms with Crippen LogP contribution >= 0.6 is 0 Å². The third-order valence-electron chi connectivity index (χ3n) is 4.59. The summed E-state index contributed by atoms with van der Waals surface area (Å²) in [6.45, 7) is 1.50. The molecule has 0 spiro atoms. The normalized spacial score (nSPS) is 19.5. The molecule has 4 heteroatoms. The van der Waals surface area contributed by atoms with Gasteiger partial charge in [0, 0.05) is 50.9 Å². The summed E-state index contributed by atoms with van der Waals surface area (Å²) >= 11 is 0. The second-order valence-electron chi connectivity index (χ2n) is 5.55. The summed E-state index contributed by atoms with van der Waals surface area (Å²) in [4.78, 5) is 4.22. The van der Waals surface area contributed by atoms with Crippen molar-refractivity contribution in [1.82, 2.24) is 10.3 Å². The largest absolute Gasteiger partial charge is 0.381 e. The van der Waals surface area contributed by atoms with Crippen molar-refractivity contribution in [2.75, 3.05) is 27.4 Å². The van der Waals surface area contributed by atoms with Gasteiger partial charge in [0.1, 0.15) is 0 Å². The Bertz CT molecular complexity index is 603. The molecule has 3 rings (SSSR count). The van der Waals surface area contributed by atoms with Crippen LogP contribution in [0.2, 0.25) is 0 Å². The number of methoxy groups -OCH3 is 1. The number of pyridine rings is 1. The van der Waals surface area contributed by atoms with Crippen LogP contribution in [-0.2, 0) is 9.47 Å². The zero-order valence-corrected chi connectivity index (χ0v) is 12.6. The summed E-state index contributed by atoms with van der Waals surface area (Å²) < 4.78 is 11.5. The number of likely N-dealkylation sites (N-methyl/N-ethyl adjacent to an activating group) is 1. The zero-order chi connectivity index (χ0) is 14.7. The summed E-state index contributed by atoms with van der Waals surface area (Å²) in [7, 11) is 3.81. The minimum Gasteiger partial charge on any atom is -0.381 e. The maximum Gasteiger partial charge on any atom is 0.0916 e. The SMILES string of the molecule is CNC(c1cccc2cnccc12)C1(OC)CCOCC1. The third-order valence-corrected chi connectivity index (χ3v) is 4.59. The lowest BCUT2D eigenvalue weighted by molar-refractivity contribution is -0.110. The first-order chi connectivity index (χ1) is 10.3. The predicted molar refractivity (Wildman–Crippen MR) is 83.3 cm³/mol. The van der Waals surface area contributed by atoms with Crippen molar-refractivity contribution < 1.29 is 9.47 Å². The van der Waals surface area contributed by atoms with Gasteiger partial charge in [0.2, 0.25) is 0 Å².